The van der Waals surface area contributed by atoms with Gasteiger partial charge in [-0.25, -0.2) is 4.39 Å². The van der Waals surface area contributed by atoms with Crippen LogP contribution in [0.15, 0.2) is 60.8 Å². The summed E-state index contributed by atoms with van der Waals surface area (Å²) in [5, 5.41) is 14.4. The fourth-order valence-corrected chi connectivity index (χ4v) is 4.32. The molecule has 3 N–H and O–H groups in total. The zero-order valence-electron chi connectivity index (χ0n) is 18.8. The molecule has 6 nitrogen and oxygen atoms in total. The number of aromatic amines is 1. The summed E-state index contributed by atoms with van der Waals surface area (Å²) in [6.07, 6.45) is 2.14. The highest BCUT2D eigenvalue weighted by Crippen LogP contribution is 2.37. The Balaban J connectivity index is 1.46. The molecule has 0 saturated carbocycles. The number of ether oxygens (including phenoxy) is 2. The predicted molar refractivity (Wildman–Crippen MR) is 134 cm³/mol. The van der Waals surface area contributed by atoms with Crippen LogP contribution < -0.4 is 14.8 Å². The number of benzene rings is 3. The minimum atomic E-state index is -0.954. The van der Waals surface area contributed by atoms with Crippen molar-refractivity contribution >= 4 is 40.1 Å². The van der Waals surface area contributed by atoms with Crippen LogP contribution in [0.1, 0.15) is 16.7 Å². The average Bonchev–Trinajstić information content (AvgIpc) is 3.24. The molecule has 4 aromatic rings. The number of halogens is 3. The second-order valence-electron chi connectivity index (χ2n) is 7.97. The zero-order chi connectivity index (χ0) is 24.9. The Morgan fingerprint density at radius 1 is 1.11 bits per heavy atom. The van der Waals surface area contributed by atoms with Gasteiger partial charge in [-0.15, -0.1) is 0 Å². The summed E-state index contributed by atoms with van der Waals surface area (Å²) >= 11 is 12.5. The summed E-state index contributed by atoms with van der Waals surface area (Å²) in [4.78, 5) is 15.1. The molecule has 0 unspecified atom stereocenters. The Morgan fingerprint density at radius 3 is 2.66 bits per heavy atom. The molecule has 0 fully saturated rings. The van der Waals surface area contributed by atoms with Crippen LogP contribution in [0.4, 0.5) is 4.39 Å². The number of carboxylic acids is 1. The lowest BCUT2D eigenvalue weighted by Gasteiger charge is -2.17. The second kappa shape index (κ2) is 11.0. The first kappa shape index (κ1) is 24.9. The van der Waals surface area contributed by atoms with Gasteiger partial charge in [0.05, 0.1) is 17.2 Å². The number of hydrogen-bond donors (Lipinski definition) is 3. The van der Waals surface area contributed by atoms with Crippen LogP contribution in [-0.4, -0.2) is 29.2 Å². The van der Waals surface area contributed by atoms with Crippen molar-refractivity contribution in [1.29, 1.82) is 0 Å². The number of H-pyrrole nitrogens is 1. The predicted octanol–water partition coefficient (Wildman–Crippen LogP) is 5.99. The zero-order valence-corrected chi connectivity index (χ0v) is 20.3. The van der Waals surface area contributed by atoms with Crippen LogP contribution in [0.5, 0.6) is 11.5 Å². The summed E-state index contributed by atoms with van der Waals surface area (Å²) in [6.45, 7) is 0.317. The van der Waals surface area contributed by atoms with Crippen molar-refractivity contribution in [3.63, 3.8) is 0 Å². The number of rotatable bonds is 10. The largest absolute Gasteiger partial charge is 0.493 e. The number of nitrogens with one attached hydrogen (secondary N) is 2. The van der Waals surface area contributed by atoms with Crippen LogP contribution in [-0.2, 0) is 24.4 Å². The van der Waals surface area contributed by atoms with E-state index in [0.29, 0.717) is 28.5 Å². The van der Waals surface area contributed by atoms with Crippen LogP contribution >= 0.6 is 23.2 Å². The molecule has 35 heavy (non-hydrogen) atoms. The molecule has 0 amide bonds. The van der Waals surface area contributed by atoms with E-state index in [4.69, 9.17) is 32.7 Å². The minimum Gasteiger partial charge on any atom is -0.493 e. The van der Waals surface area contributed by atoms with Crippen molar-refractivity contribution in [2.45, 2.75) is 25.6 Å². The first-order valence-electron chi connectivity index (χ1n) is 10.8. The third-order valence-corrected chi connectivity index (χ3v) is 6.26. The van der Waals surface area contributed by atoms with E-state index in [-0.39, 0.29) is 18.2 Å². The van der Waals surface area contributed by atoms with Crippen molar-refractivity contribution in [2.75, 3.05) is 7.11 Å². The fraction of sp³-hybridized carbons (Fsp3) is 0.192. The maximum absolute atomic E-state index is 13.3. The molecule has 1 aromatic heterocycles. The van der Waals surface area contributed by atoms with Gasteiger partial charge in [-0.05, 0) is 41.5 Å². The minimum absolute atomic E-state index is 0.0680. The van der Waals surface area contributed by atoms with Crippen LogP contribution in [0.25, 0.3) is 10.9 Å². The molecule has 182 valence electrons. The Bertz CT molecular complexity index is 1360. The quantitative estimate of drug-likeness (QED) is 0.241. The van der Waals surface area contributed by atoms with E-state index in [0.717, 1.165) is 22.0 Å². The molecule has 0 aliphatic heterocycles. The molecular weight excluding hydrogens is 494 g/mol. The van der Waals surface area contributed by atoms with Gasteiger partial charge < -0.3 is 24.9 Å². The Labute approximate surface area is 211 Å². The lowest BCUT2D eigenvalue weighted by atomic mass is 10.0. The molecule has 1 heterocycles. The molecule has 0 aliphatic rings. The lowest BCUT2D eigenvalue weighted by Crippen LogP contribution is -2.38. The highest BCUT2D eigenvalue weighted by Gasteiger charge is 2.20. The van der Waals surface area contributed by atoms with Crippen LogP contribution in [0, 0.1) is 5.82 Å². The Hall–Kier alpha value is -3.26. The van der Waals surface area contributed by atoms with Gasteiger partial charge in [-0.1, -0.05) is 47.5 Å². The molecule has 0 aliphatic carbocycles. The maximum atomic E-state index is 13.3. The molecule has 9 heteroatoms. The summed E-state index contributed by atoms with van der Waals surface area (Å²) in [6, 6.07) is 14.4. The summed E-state index contributed by atoms with van der Waals surface area (Å²) < 4.78 is 24.5. The van der Waals surface area contributed by atoms with Crippen molar-refractivity contribution in [3.05, 3.63) is 93.3 Å². The third-order valence-electron chi connectivity index (χ3n) is 5.63. The maximum Gasteiger partial charge on any atom is 0.321 e. The smallest absolute Gasteiger partial charge is 0.321 e. The number of fused-ring (bicyclic) bond motifs is 1. The van der Waals surface area contributed by atoms with E-state index >= 15 is 0 Å². The normalized spacial score (nSPS) is 12.0. The first-order chi connectivity index (χ1) is 16.9. The standard InChI is InChI=1S/C26H23Cl2FN2O4/c1-34-24-9-15(8-21(28)25(24)35-14-16-6-7-18(29)11-20(16)27)12-30-23(26(32)33)10-17-13-31-22-5-3-2-4-19(17)22/h2-9,11,13,23,30-31H,10,12,14H2,1H3,(H,32,33)/t23-/m1/s1. The molecule has 0 spiro atoms. The van der Waals surface area contributed by atoms with E-state index < -0.39 is 17.8 Å². The van der Waals surface area contributed by atoms with E-state index in [1.165, 1.54) is 25.3 Å². The summed E-state index contributed by atoms with van der Waals surface area (Å²) in [5.74, 6) is -0.692. The van der Waals surface area contributed by atoms with Gasteiger partial charge >= 0.3 is 5.97 Å². The van der Waals surface area contributed by atoms with Gasteiger partial charge in [0.2, 0.25) is 0 Å². The summed E-state index contributed by atoms with van der Waals surface area (Å²) in [7, 11) is 1.48. The molecular formula is C26H23Cl2FN2O4. The van der Waals surface area contributed by atoms with Crippen molar-refractivity contribution in [3.8, 4) is 11.5 Å². The van der Waals surface area contributed by atoms with Gasteiger partial charge in [0.1, 0.15) is 18.5 Å². The highest BCUT2D eigenvalue weighted by atomic mass is 35.5. The van der Waals surface area contributed by atoms with E-state index in [9.17, 15) is 14.3 Å². The third kappa shape index (κ3) is 5.88. The monoisotopic (exact) mass is 516 g/mol. The van der Waals surface area contributed by atoms with Crippen molar-refractivity contribution in [2.24, 2.45) is 0 Å². The van der Waals surface area contributed by atoms with Gasteiger partial charge in [0.25, 0.3) is 0 Å². The number of aliphatic carboxylic acids is 1. The van der Waals surface area contributed by atoms with Gasteiger partial charge in [0, 0.05) is 35.6 Å². The highest BCUT2D eigenvalue weighted by molar-refractivity contribution is 6.32. The van der Waals surface area contributed by atoms with Crippen molar-refractivity contribution in [1.82, 2.24) is 10.3 Å². The van der Waals surface area contributed by atoms with Crippen molar-refractivity contribution < 1.29 is 23.8 Å². The number of aromatic nitrogens is 1. The van der Waals surface area contributed by atoms with Gasteiger partial charge in [0.15, 0.2) is 11.5 Å². The number of methoxy groups -OCH3 is 1. The molecule has 0 radical (unpaired) electrons. The molecule has 3 aromatic carbocycles. The van der Waals surface area contributed by atoms with Crippen LogP contribution in [0.2, 0.25) is 10.0 Å². The SMILES string of the molecule is COc1cc(CN[C@H](Cc2c[nH]c3ccccc23)C(=O)O)cc(Cl)c1OCc1ccc(F)cc1Cl. The average molecular weight is 517 g/mol. The Morgan fingerprint density at radius 2 is 1.91 bits per heavy atom. The molecule has 1 atom stereocenters. The van der Waals surface area contributed by atoms with E-state index in [1.54, 1.807) is 12.1 Å². The van der Waals surface area contributed by atoms with E-state index in [1.807, 2.05) is 30.5 Å². The fourth-order valence-electron chi connectivity index (χ4n) is 3.81. The first-order valence-corrected chi connectivity index (χ1v) is 11.6. The topological polar surface area (TPSA) is 83.6 Å². The van der Waals surface area contributed by atoms with Crippen LogP contribution in [0.3, 0.4) is 0 Å². The number of carbonyl (C=O) groups is 1. The lowest BCUT2D eigenvalue weighted by molar-refractivity contribution is -0.139. The van der Waals surface area contributed by atoms with Gasteiger partial charge in [-0.3, -0.25) is 4.79 Å². The summed E-state index contributed by atoms with van der Waals surface area (Å²) in [5.41, 5.74) is 3.20. The molecule has 4 rings (SSSR count). The molecule has 0 saturated heterocycles. The van der Waals surface area contributed by atoms with Gasteiger partial charge in [-0.2, -0.15) is 0 Å². The second-order valence-corrected chi connectivity index (χ2v) is 8.78. The number of hydrogen-bond acceptors (Lipinski definition) is 4. The Kier molecular flexibility index (Phi) is 7.80. The molecule has 0 bridgehead atoms. The van der Waals surface area contributed by atoms with E-state index in [2.05, 4.69) is 10.3 Å². The number of para-hydroxylation sites is 1. The number of carboxylic acid groups (broad SMARTS) is 1.